The van der Waals surface area contributed by atoms with E-state index in [9.17, 15) is 9.59 Å². The Morgan fingerprint density at radius 1 is 0.360 bits per heavy atom. The van der Waals surface area contributed by atoms with E-state index >= 15 is 0 Å². The van der Waals surface area contributed by atoms with Crippen LogP contribution in [-0.4, -0.2) is 230 Å². The second kappa shape index (κ2) is 56.6. The van der Waals surface area contributed by atoms with Crippen molar-refractivity contribution in [2.24, 2.45) is 0 Å². The topological polar surface area (TPSA) is 217 Å². The lowest BCUT2D eigenvalue weighted by Crippen LogP contribution is -2.50. The molecule has 6 fully saturated rings. The number of likely N-dealkylation sites (N-methyl/N-ethyl adjacent to an activating group) is 2. The number of hydrogen-bond donors (Lipinski definition) is 6. The van der Waals surface area contributed by atoms with Gasteiger partial charge in [-0.05, 0) is 368 Å². The van der Waals surface area contributed by atoms with E-state index in [-0.39, 0.29) is 56.7 Å². The van der Waals surface area contributed by atoms with Gasteiger partial charge in [-0.25, -0.2) is 0 Å². The Hall–Kier alpha value is -7.57. The van der Waals surface area contributed by atoms with Gasteiger partial charge in [0.2, 0.25) is 0 Å². The van der Waals surface area contributed by atoms with Crippen LogP contribution in [-0.2, 0) is 28.8 Å². The van der Waals surface area contributed by atoms with Crippen LogP contribution in [0.1, 0.15) is 235 Å². The van der Waals surface area contributed by atoms with Crippen LogP contribution in [0.3, 0.4) is 0 Å². The number of benzene rings is 8. The molecule has 8 aromatic rings. The number of hydrogen-bond acceptors (Lipinski definition) is 18. The van der Waals surface area contributed by atoms with E-state index in [4.69, 9.17) is 134 Å². The number of carbonyl (C=O) groups excluding carboxylic acids is 4. The minimum atomic E-state index is -0.722. The van der Waals surface area contributed by atoms with Gasteiger partial charge in [-0.1, -0.05) is 191 Å². The van der Waals surface area contributed by atoms with E-state index in [1.165, 1.54) is 135 Å². The van der Waals surface area contributed by atoms with Crippen molar-refractivity contribution in [2.45, 2.75) is 219 Å². The van der Waals surface area contributed by atoms with E-state index in [1.54, 1.807) is 6.07 Å². The third-order valence-electron chi connectivity index (χ3n) is 28.4. The van der Waals surface area contributed by atoms with Crippen LogP contribution in [0.15, 0.2) is 158 Å². The van der Waals surface area contributed by atoms with E-state index in [0.29, 0.717) is 58.1 Å². The standard InChI is InChI=1S/C28H37Cl2N3O2.C27H32Cl3N3O2.C26H35Cl2N3.C26H33Cl2N3.2CO2.CH4/c1-19-5-7-24(26(30)16-19)20(2)31-27-17-22(6-8-25(27)29)21-9-14-33(15-10-21)23-4-3-12-32(18-23)13-11-28(34)35;1-18(23-6-5-21(28)16-25(23)30)31-26-15-20(4-7-24(26)29)19-8-13-33(14-9-19)22-3-2-11-32(17-22)12-10-27(34)35;2*1-18-6-8-23(25(28)15-18)19(2)29-26-16-21(7-9-24(26)27)20-10-13-31(14-11-20)22-5-4-12-30(3)17-22;2*2-1-3;/h5-8,16-17,20-21,23,31H,3-4,9-15,18H2,1-2H3,(H,34,35);4-8,15-16,18,22,31H,2-3,9-14,17H2,1H3,(H,34,35);6-9,15-16,19-20,22,29H,4-5,10-14,17H2,1-3H3;6-10,15-16,19,22,29H,4-5,11-14,17H2,1-3H3;;;1H4. The summed E-state index contributed by atoms with van der Waals surface area (Å²) in [5.41, 5.74) is 19.4. The number of anilines is 4. The average molecular weight is 2080 g/mol. The summed E-state index contributed by atoms with van der Waals surface area (Å²) >= 11 is 58.1. The lowest BCUT2D eigenvalue weighted by molar-refractivity contribution is -0.193. The van der Waals surface area contributed by atoms with Gasteiger partial charge in [0.1, 0.15) is 0 Å². The van der Waals surface area contributed by atoms with Crippen molar-refractivity contribution in [1.82, 2.24) is 39.2 Å². The molecule has 6 saturated heterocycles. The number of likely N-dealkylation sites (tertiary alicyclic amines) is 6. The fourth-order valence-electron chi connectivity index (χ4n) is 20.7. The largest absolute Gasteiger partial charge is 0.481 e. The molecule has 752 valence electrons. The van der Waals surface area contributed by atoms with Crippen molar-refractivity contribution < 1.29 is 39.0 Å². The number of aliphatic carboxylic acids is 2. The van der Waals surface area contributed by atoms with Crippen molar-refractivity contribution in [2.75, 3.05) is 153 Å². The number of nitrogens with one attached hydrogen (secondary N) is 4. The first-order chi connectivity index (χ1) is 66.2. The van der Waals surface area contributed by atoms with Gasteiger partial charge < -0.3 is 51.1 Å². The predicted molar refractivity (Wildman–Crippen MR) is 576 cm³/mol. The smallest absolute Gasteiger partial charge is 0.373 e. The Morgan fingerprint density at radius 3 is 0.978 bits per heavy atom. The van der Waals surface area contributed by atoms with Crippen molar-refractivity contribution in [3.63, 3.8) is 0 Å². The number of nitrogens with zero attached hydrogens (tertiary/aromatic N) is 8. The molecular weight excluding hydrogens is 1940 g/mol. The third-order valence-corrected chi connectivity index (χ3v) is 31.3. The van der Waals surface area contributed by atoms with Crippen molar-refractivity contribution in [1.29, 1.82) is 0 Å². The molecule has 8 atom stereocenters. The Kier molecular flexibility index (Phi) is 46.2. The molecule has 0 radical (unpaired) electrons. The molecule has 16 rings (SSSR count). The zero-order chi connectivity index (χ0) is 99.2. The van der Waals surface area contributed by atoms with Crippen LogP contribution < -0.4 is 21.3 Å². The van der Waals surface area contributed by atoms with Crippen LogP contribution in [0.5, 0.6) is 0 Å². The summed E-state index contributed by atoms with van der Waals surface area (Å²) < 4.78 is 0. The Bertz CT molecular complexity index is 5460. The summed E-state index contributed by atoms with van der Waals surface area (Å²) in [6.07, 6.45) is 22.4. The van der Waals surface area contributed by atoms with Gasteiger partial charge in [-0.2, -0.15) is 19.2 Å². The second-order valence-corrected chi connectivity index (χ2v) is 42.1. The van der Waals surface area contributed by atoms with Crippen molar-refractivity contribution in [3.8, 4) is 0 Å². The summed E-state index contributed by atoms with van der Waals surface area (Å²) in [5, 5.41) is 38.8. The van der Waals surface area contributed by atoms with Crippen LogP contribution in [0, 0.1) is 20.8 Å². The number of carboxylic acid groups (broad SMARTS) is 2. The van der Waals surface area contributed by atoms with Gasteiger partial charge in [0.05, 0.1) is 79.8 Å². The number of halogens is 9. The Labute approximate surface area is 870 Å². The minimum Gasteiger partial charge on any atom is -0.481 e. The maximum Gasteiger partial charge on any atom is 0.373 e. The zero-order valence-electron chi connectivity index (χ0n) is 81.1. The first-order valence-corrected chi connectivity index (χ1v) is 52.2. The van der Waals surface area contributed by atoms with E-state index < -0.39 is 11.9 Å². The van der Waals surface area contributed by atoms with Crippen LogP contribution in [0.25, 0.3) is 11.1 Å². The predicted octanol–water partition coefficient (Wildman–Crippen LogP) is 26.3. The third kappa shape index (κ3) is 34.3. The summed E-state index contributed by atoms with van der Waals surface area (Å²) in [4.78, 5) is 74.5. The van der Waals surface area contributed by atoms with E-state index in [1.807, 2.05) is 61.5 Å². The molecule has 6 N–H and O–H groups in total. The highest BCUT2D eigenvalue weighted by Gasteiger charge is 2.34. The molecule has 0 saturated carbocycles. The average Bonchev–Trinajstić information content (AvgIpc) is 0.818. The molecule has 29 heteroatoms. The maximum absolute atomic E-state index is 10.9. The summed E-state index contributed by atoms with van der Waals surface area (Å²) in [6, 6.07) is 52.2. The molecule has 139 heavy (non-hydrogen) atoms. The Balaban J connectivity index is 0.000000187. The van der Waals surface area contributed by atoms with Crippen LogP contribution in [0.2, 0.25) is 45.2 Å². The molecule has 8 unspecified atom stereocenters. The fraction of sp³-hybridized carbons (Fsp3) is 0.491. The highest BCUT2D eigenvalue weighted by Crippen LogP contribution is 2.43. The van der Waals surface area contributed by atoms with Crippen LogP contribution in [0.4, 0.5) is 22.7 Å². The number of piperidine rings is 6. The van der Waals surface area contributed by atoms with E-state index in [2.05, 4.69) is 213 Å². The van der Waals surface area contributed by atoms with Gasteiger partial charge in [0.15, 0.2) is 0 Å². The lowest BCUT2D eigenvalue weighted by Gasteiger charge is -2.42. The van der Waals surface area contributed by atoms with Gasteiger partial charge in [-0.15, -0.1) is 0 Å². The maximum atomic E-state index is 10.9. The van der Waals surface area contributed by atoms with Crippen molar-refractivity contribution in [3.05, 3.63) is 264 Å². The van der Waals surface area contributed by atoms with Crippen LogP contribution >= 0.6 is 104 Å². The molecule has 0 aliphatic carbocycles. The normalized spacial score (nSPS) is 20.4. The number of carboxylic acids is 2. The number of carbonyl (C=O) groups is 2. The molecular formula is C110H141Cl9N12O8. The minimum absolute atomic E-state index is 0. The fourth-order valence-corrected chi connectivity index (χ4v) is 23.2. The number of rotatable bonds is 26. The molecule has 0 amide bonds. The first kappa shape index (κ1) is 113. The van der Waals surface area contributed by atoms with Crippen molar-refractivity contribution >= 4 is 163 Å². The highest BCUT2D eigenvalue weighted by atomic mass is 35.5. The molecule has 8 aliphatic rings. The van der Waals surface area contributed by atoms with Gasteiger partial charge in [0.25, 0.3) is 0 Å². The summed E-state index contributed by atoms with van der Waals surface area (Å²) in [7, 11) is 4.50. The second-order valence-electron chi connectivity index (χ2n) is 38.4. The van der Waals surface area contributed by atoms with Gasteiger partial charge in [0, 0.05) is 115 Å². The molecule has 0 spiro atoms. The van der Waals surface area contributed by atoms with Gasteiger partial charge in [-0.3, -0.25) is 29.2 Å². The van der Waals surface area contributed by atoms with E-state index in [0.717, 1.165) is 191 Å². The molecule has 8 aliphatic heterocycles. The molecule has 0 bridgehead atoms. The molecule has 20 nitrogen and oxygen atoms in total. The number of aryl methyl sites for hydroxylation is 3. The summed E-state index contributed by atoms with van der Waals surface area (Å²) in [6.45, 7) is 33.4. The first-order valence-electron chi connectivity index (χ1n) is 48.8. The monoisotopic (exact) mass is 2070 g/mol. The highest BCUT2D eigenvalue weighted by molar-refractivity contribution is 6.36. The SMILES string of the molecule is C.CC(Nc1cc(C2=CCN(C3CCCN(CCC(=O)O)C3)CC2)ccc1Cl)c1ccc(Cl)cc1Cl.Cc1ccc(C(C)Nc2cc(C3=CCN(C4CCCN(C)C4)CC3)ccc2Cl)c(Cl)c1.Cc1ccc(C(C)Nc2cc(C3CCN(C4CCCN(C)C4)CC3)ccc2Cl)c(Cl)c1.Cc1ccc(C(C)Nc2cc(C3CCN(C4CCCN(CCC(=O)O)C4)CC3)ccc2Cl)c(Cl)c1.O=C=O.O=C=O. The lowest BCUT2D eigenvalue weighted by atomic mass is 9.88. The quantitative estimate of drug-likeness (QED) is 0.0297. The zero-order valence-corrected chi connectivity index (χ0v) is 88.0. The molecule has 8 heterocycles. The summed E-state index contributed by atoms with van der Waals surface area (Å²) in [5.74, 6) is -0.302. The molecule has 0 aromatic heterocycles. The van der Waals surface area contributed by atoms with Gasteiger partial charge >= 0.3 is 24.2 Å². The molecule has 8 aromatic carbocycles. The Morgan fingerprint density at radius 2 is 0.662 bits per heavy atom.